The highest BCUT2D eigenvalue weighted by molar-refractivity contribution is 7.91. The van der Waals surface area contributed by atoms with Crippen LogP contribution in [0.5, 0.6) is 0 Å². The lowest BCUT2D eigenvalue weighted by Crippen LogP contribution is -2.45. The highest BCUT2D eigenvalue weighted by Gasteiger charge is 2.30. The van der Waals surface area contributed by atoms with Crippen LogP contribution in [0.3, 0.4) is 0 Å². The third-order valence-corrected chi connectivity index (χ3v) is 6.84. The van der Waals surface area contributed by atoms with Crippen LogP contribution in [0, 0.1) is 13.8 Å². The maximum atomic E-state index is 12.4. The number of aryl methyl sites for hydroxylation is 2. The molecule has 0 amide bonds. The van der Waals surface area contributed by atoms with E-state index in [-0.39, 0.29) is 12.1 Å². The molecule has 2 rings (SSSR count). The molecule has 4 nitrogen and oxygen atoms in total. The van der Waals surface area contributed by atoms with E-state index in [4.69, 9.17) is 4.74 Å². The molecule has 2 unspecified atom stereocenters. The molecule has 1 N–H and O–H groups in total. The summed E-state index contributed by atoms with van der Waals surface area (Å²) in [6.07, 6.45) is 3.92. The Kier molecular flexibility index (Phi) is 4.66. The molecule has 0 radical (unpaired) electrons. The van der Waals surface area contributed by atoms with E-state index in [1.807, 2.05) is 13.8 Å². The lowest BCUT2D eigenvalue weighted by atomic mass is 9.93. The molecule has 108 valence electrons. The average Bonchev–Trinajstić information content (AvgIpc) is 2.71. The van der Waals surface area contributed by atoms with E-state index in [1.54, 1.807) is 13.2 Å². The lowest BCUT2D eigenvalue weighted by molar-refractivity contribution is 0.0493. The van der Waals surface area contributed by atoms with Gasteiger partial charge in [0.05, 0.1) is 6.10 Å². The SMILES string of the molecule is COC1CCCCC1NS(=O)(=O)c1cc(C)c(C)s1. The molecule has 19 heavy (non-hydrogen) atoms. The van der Waals surface area contributed by atoms with Crippen molar-refractivity contribution in [2.24, 2.45) is 0 Å². The Morgan fingerprint density at radius 2 is 2.00 bits per heavy atom. The van der Waals surface area contributed by atoms with Gasteiger partial charge >= 0.3 is 0 Å². The van der Waals surface area contributed by atoms with Crippen LogP contribution in [0.2, 0.25) is 0 Å². The van der Waals surface area contributed by atoms with Gasteiger partial charge in [-0.3, -0.25) is 0 Å². The predicted octanol–water partition coefficient (Wildman–Crippen LogP) is 2.60. The monoisotopic (exact) mass is 303 g/mol. The molecule has 0 bridgehead atoms. The fourth-order valence-electron chi connectivity index (χ4n) is 2.44. The molecule has 0 saturated heterocycles. The van der Waals surface area contributed by atoms with Gasteiger partial charge in [0.25, 0.3) is 0 Å². The van der Waals surface area contributed by atoms with Crippen molar-refractivity contribution in [1.82, 2.24) is 4.72 Å². The zero-order valence-corrected chi connectivity index (χ0v) is 13.2. The summed E-state index contributed by atoms with van der Waals surface area (Å²) in [4.78, 5) is 1.05. The van der Waals surface area contributed by atoms with Gasteiger partial charge in [0.15, 0.2) is 0 Å². The van der Waals surface area contributed by atoms with Crippen LogP contribution < -0.4 is 4.72 Å². The second kappa shape index (κ2) is 5.91. The summed E-state index contributed by atoms with van der Waals surface area (Å²) in [6.45, 7) is 3.88. The number of nitrogens with one attached hydrogen (secondary N) is 1. The summed E-state index contributed by atoms with van der Waals surface area (Å²) in [5.74, 6) is 0. The third-order valence-electron chi connectivity index (χ3n) is 3.72. The molecular formula is C13H21NO3S2. The smallest absolute Gasteiger partial charge is 0.250 e. The molecule has 1 saturated carbocycles. The van der Waals surface area contributed by atoms with E-state index in [0.717, 1.165) is 36.1 Å². The summed E-state index contributed by atoms with van der Waals surface area (Å²) in [5, 5.41) is 0. The molecule has 0 aromatic carbocycles. The average molecular weight is 303 g/mol. The van der Waals surface area contributed by atoms with Crippen molar-refractivity contribution in [3.8, 4) is 0 Å². The van der Waals surface area contributed by atoms with Crippen LogP contribution >= 0.6 is 11.3 Å². The van der Waals surface area contributed by atoms with Crippen molar-refractivity contribution < 1.29 is 13.2 Å². The zero-order chi connectivity index (χ0) is 14.0. The Morgan fingerprint density at radius 1 is 1.32 bits per heavy atom. The molecule has 1 fully saturated rings. The minimum absolute atomic E-state index is 0.00863. The molecule has 6 heteroatoms. The van der Waals surface area contributed by atoms with Gasteiger partial charge in [0.1, 0.15) is 4.21 Å². The molecule has 0 spiro atoms. The number of hydrogen-bond donors (Lipinski definition) is 1. The van der Waals surface area contributed by atoms with Crippen LogP contribution in [0.1, 0.15) is 36.1 Å². The molecule has 2 atom stereocenters. The zero-order valence-electron chi connectivity index (χ0n) is 11.6. The van der Waals surface area contributed by atoms with Crippen molar-refractivity contribution >= 4 is 21.4 Å². The topological polar surface area (TPSA) is 55.4 Å². The second-order valence-electron chi connectivity index (χ2n) is 5.09. The number of sulfonamides is 1. The minimum Gasteiger partial charge on any atom is -0.380 e. The first-order valence-corrected chi connectivity index (χ1v) is 8.86. The fourth-order valence-corrected chi connectivity index (χ4v) is 5.27. The van der Waals surface area contributed by atoms with Crippen molar-refractivity contribution in [1.29, 1.82) is 0 Å². The molecule has 1 aliphatic carbocycles. The molecule has 1 aromatic heterocycles. The third kappa shape index (κ3) is 3.37. The van der Waals surface area contributed by atoms with Gasteiger partial charge in [0, 0.05) is 18.0 Å². The molecule has 1 heterocycles. The maximum Gasteiger partial charge on any atom is 0.250 e. The van der Waals surface area contributed by atoms with Crippen molar-refractivity contribution in [2.75, 3.05) is 7.11 Å². The Morgan fingerprint density at radius 3 is 2.58 bits per heavy atom. The first-order chi connectivity index (χ1) is 8.94. The summed E-state index contributed by atoms with van der Waals surface area (Å²) in [7, 11) is -1.77. The van der Waals surface area contributed by atoms with Gasteiger partial charge in [-0.1, -0.05) is 12.8 Å². The molecule has 1 aromatic rings. The van der Waals surface area contributed by atoms with E-state index < -0.39 is 10.0 Å². The second-order valence-corrected chi connectivity index (χ2v) is 8.29. The summed E-state index contributed by atoms with van der Waals surface area (Å²) < 4.78 is 33.3. The summed E-state index contributed by atoms with van der Waals surface area (Å²) in [5.41, 5.74) is 1.03. The summed E-state index contributed by atoms with van der Waals surface area (Å²) in [6, 6.07) is 1.64. The highest BCUT2D eigenvalue weighted by atomic mass is 32.2. The minimum atomic E-state index is -3.42. The molecule has 0 aliphatic heterocycles. The number of rotatable bonds is 4. The van der Waals surface area contributed by atoms with Gasteiger partial charge < -0.3 is 4.74 Å². The highest BCUT2D eigenvalue weighted by Crippen LogP contribution is 2.27. The number of ether oxygens (including phenoxy) is 1. The lowest BCUT2D eigenvalue weighted by Gasteiger charge is -2.30. The largest absolute Gasteiger partial charge is 0.380 e. The predicted molar refractivity (Wildman–Crippen MR) is 77.2 cm³/mol. The van der Waals surface area contributed by atoms with Crippen LogP contribution in [0.25, 0.3) is 0 Å². The van der Waals surface area contributed by atoms with E-state index in [9.17, 15) is 8.42 Å². The van der Waals surface area contributed by atoms with Crippen LogP contribution in [0.4, 0.5) is 0 Å². The van der Waals surface area contributed by atoms with E-state index in [0.29, 0.717) is 4.21 Å². The Labute approximate surface area is 119 Å². The normalized spacial score (nSPS) is 24.6. The Bertz CT molecular complexity index is 517. The number of thiophene rings is 1. The van der Waals surface area contributed by atoms with Crippen LogP contribution in [-0.2, 0) is 14.8 Å². The van der Waals surface area contributed by atoms with E-state index in [1.165, 1.54) is 11.3 Å². The van der Waals surface area contributed by atoms with Crippen molar-refractivity contribution in [3.05, 3.63) is 16.5 Å². The van der Waals surface area contributed by atoms with Crippen molar-refractivity contribution in [3.63, 3.8) is 0 Å². The van der Waals surface area contributed by atoms with Gasteiger partial charge in [0.2, 0.25) is 10.0 Å². The molecular weight excluding hydrogens is 282 g/mol. The van der Waals surface area contributed by atoms with Gasteiger partial charge in [-0.25, -0.2) is 13.1 Å². The van der Waals surface area contributed by atoms with Gasteiger partial charge in [-0.05, 0) is 38.3 Å². The number of hydrogen-bond acceptors (Lipinski definition) is 4. The van der Waals surface area contributed by atoms with Gasteiger partial charge in [-0.2, -0.15) is 0 Å². The fraction of sp³-hybridized carbons (Fsp3) is 0.692. The van der Waals surface area contributed by atoms with Crippen LogP contribution in [0.15, 0.2) is 10.3 Å². The standard InChI is InChI=1S/C13H21NO3S2/c1-9-8-13(18-10(9)2)19(15,16)14-11-6-4-5-7-12(11)17-3/h8,11-12,14H,4-7H2,1-3H3. The van der Waals surface area contributed by atoms with Crippen LogP contribution in [-0.4, -0.2) is 27.7 Å². The first kappa shape index (κ1) is 15.0. The van der Waals surface area contributed by atoms with Gasteiger partial charge in [-0.15, -0.1) is 11.3 Å². The van der Waals surface area contributed by atoms with Crippen molar-refractivity contribution in [2.45, 2.75) is 55.9 Å². The maximum absolute atomic E-state index is 12.4. The Balaban J connectivity index is 2.16. The number of methoxy groups -OCH3 is 1. The van der Waals surface area contributed by atoms with E-state index >= 15 is 0 Å². The first-order valence-electron chi connectivity index (χ1n) is 6.56. The quantitative estimate of drug-likeness (QED) is 0.930. The Hall–Kier alpha value is -0.430. The summed E-state index contributed by atoms with van der Waals surface area (Å²) >= 11 is 1.33. The molecule has 1 aliphatic rings. The van der Waals surface area contributed by atoms with E-state index in [2.05, 4.69) is 4.72 Å².